The number of rotatable bonds is 3. The fraction of sp³-hybridized carbons (Fsp3) is 1.00. The minimum Gasteiger partial charge on any atom is -0.318 e. The van der Waals surface area contributed by atoms with E-state index in [2.05, 4.69) is 4.18 Å². The van der Waals surface area contributed by atoms with Gasteiger partial charge in [0, 0.05) is 7.05 Å². The molecule has 0 aromatic heterocycles. The number of nitrogens with zero attached hydrogens (tertiary/aromatic N) is 1. The van der Waals surface area contributed by atoms with Crippen LogP contribution in [0.4, 0.5) is 0 Å². The molecular formula is C3H10N2O2S. The first kappa shape index (κ1) is 8.03. The molecule has 0 aromatic carbocycles. The van der Waals surface area contributed by atoms with Gasteiger partial charge in [-0.05, 0) is 0 Å². The van der Waals surface area contributed by atoms with Gasteiger partial charge in [0.25, 0.3) is 0 Å². The molecule has 0 amide bonds. The van der Waals surface area contributed by atoms with Crippen molar-refractivity contribution in [2.45, 2.75) is 0 Å². The maximum Gasteiger partial charge on any atom is 0.237 e. The average molecular weight is 138 g/mol. The third kappa shape index (κ3) is 2.37. The Morgan fingerprint density at radius 3 is 2.50 bits per heavy atom. The molecule has 0 rings (SSSR count). The second-order valence-electron chi connectivity index (χ2n) is 1.19. The maximum atomic E-state index is 10.5. The van der Waals surface area contributed by atoms with Crippen molar-refractivity contribution in [3.8, 4) is 0 Å². The van der Waals surface area contributed by atoms with Gasteiger partial charge in [-0.25, -0.2) is 4.21 Å². The highest BCUT2D eigenvalue weighted by Gasteiger charge is 2.00. The zero-order valence-electron chi connectivity index (χ0n) is 4.96. The summed E-state index contributed by atoms with van der Waals surface area (Å²) < 4.78 is 16.3. The van der Waals surface area contributed by atoms with Crippen LogP contribution in [0.15, 0.2) is 0 Å². The lowest BCUT2D eigenvalue weighted by atomic mass is 11.1. The molecule has 0 aliphatic rings. The summed E-state index contributed by atoms with van der Waals surface area (Å²) in [6.07, 6.45) is 0. The lowest BCUT2D eigenvalue weighted by Gasteiger charge is -2.08. The van der Waals surface area contributed by atoms with Crippen LogP contribution in [0.25, 0.3) is 0 Å². The van der Waals surface area contributed by atoms with Crippen LogP contribution in [0.1, 0.15) is 0 Å². The van der Waals surface area contributed by atoms with E-state index in [0.29, 0.717) is 0 Å². The first-order valence-electron chi connectivity index (χ1n) is 2.10. The van der Waals surface area contributed by atoms with E-state index in [9.17, 15) is 4.21 Å². The van der Waals surface area contributed by atoms with Crippen LogP contribution in [0.2, 0.25) is 0 Å². The highest BCUT2D eigenvalue weighted by atomic mass is 32.2. The summed E-state index contributed by atoms with van der Waals surface area (Å²) in [6.45, 7) is 0.237. The van der Waals surface area contributed by atoms with Crippen molar-refractivity contribution in [1.29, 1.82) is 0 Å². The molecule has 0 spiro atoms. The van der Waals surface area contributed by atoms with Crippen LogP contribution < -0.4 is 5.73 Å². The van der Waals surface area contributed by atoms with Gasteiger partial charge in [-0.3, -0.25) is 4.18 Å². The van der Waals surface area contributed by atoms with Gasteiger partial charge in [-0.2, -0.15) is 4.31 Å². The highest BCUT2D eigenvalue weighted by molar-refractivity contribution is 7.77. The lowest BCUT2D eigenvalue weighted by Crippen LogP contribution is -2.28. The van der Waals surface area contributed by atoms with Gasteiger partial charge >= 0.3 is 0 Å². The summed E-state index contributed by atoms with van der Waals surface area (Å²) >= 11 is -1.36. The predicted molar refractivity (Wildman–Crippen MR) is 32.0 cm³/mol. The summed E-state index contributed by atoms with van der Waals surface area (Å²) in [5, 5.41) is 0. The molecule has 1 unspecified atom stereocenters. The number of nitrogens with two attached hydrogens (primary N) is 1. The molecule has 4 nitrogen and oxygen atoms in total. The van der Waals surface area contributed by atoms with E-state index in [-0.39, 0.29) is 6.67 Å². The van der Waals surface area contributed by atoms with Crippen LogP contribution in [-0.2, 0) is 15.4 Å². The second kappa shape index (κ2) is 3.96. The molecule has 0 fully saturated rings. The molecule has 0 bridgehead atoms. The van der Waals surface area contributed by atoms with E-state index in [1.165, 1.54) is 11.4 Å². The van der Waals surface area contributed by atoms with Gasteiger partial charge in [0.2, 0.25) is 11.3 Å². The Morgan fingerprint density at radius 1 is 1.88 bits per heavy atom. The third-order valence-electron chi connectivity index (χ3n) is 0.654. The van der Waals surface area contributed by atoms with E-state index in [1.54, 1.807) is 7.05 Å². The van der Waals surface area contributed by atoms with Crippen molar-refractivity contribution in [3.63, 3.8) is 0 Å². The highest BCUT2D eigenvalue weighted by Crippen LogP contribution is 1.85. The zero-order valence-corrected chi connectivity index (χ0v) is 5.77. The summed E-state index contributed by atoms with van der Waals surface area (Å²) in [6, 6.07) is 0. The summed E-state index contributed by atoms with van der Waals surface area (Å²) in [7, 11) is 2.97. The first-order valence-corrected chi connectivity index (χ1v) is 3.13. The van der Waals surface area contributed by atoms with Gasteiger partial charge in [0.15, 0.2) is 0 Å². The van der Waals surface area contributed by atoms with Crippen molar-refractivity contribution in [2.24, 2.45) is 5.73 Å². The molecule has 5 heteroatoms. The normalized spacial score (nSPS) is 14.5. The molecule has 0 aromatic rings. The lowest BCUT2D eigenvalue weighted by molar-refractivity contribution is 0.388. The summed E-state index contributed by atoms with van der Waals surface area (Å²) in [5.74, 6) is 0. The molecule has 0 aliphatic heterocycles. The van der Waals surface area contributed by atoms with Crippen molar-refractivity contribution in [1.82, 2.24) is 4.31 Å². The van der Waals surface area contributed by atoms with E-state index < -0.39 is 11.3 Å². The summed E-state index contributed by atoms with van der Waals surface area (Å²) in [4.78, 5) is 0. The minimum absolute atomic E-state index is 0.237. The molecule has 0 radical (unpaired) electrons. The zero-order chi connectivity index (χ0) is 6.57. The van der Waals surface area contributed by atoms with Gasteiger partial charge in [-0.1, -0.05) is 0 Å². The Balaban J connectivity index is 3.46. The van der Waals surface area contributed by atoms with Gasteiger partial charge < -0.3 is 5.73 Å². The van der Waals surface area contributed by atoms with Crippen LogP contribution in [0.5, 0.6) is 0 Å². The first-order chi connectivity index (χ1) is 3.72. The number of hydrogen-bond donors (Lipinski definition) is 1. The molecule has 50 valence electrons. The van der Waals surface area contributed by atoms with Gasteiger partial charge in [-0.15, -0.1) is 0 Å². The van der Waals surface area contributed by atoms with Crippen LogP contribution in [-0.4, -0.2) is 29.3 Å². The monoisotopic (exact) mass is 138 g/mol. The van der Waals surface area contributed by atoms with E-state index in [1.807, 2.05) is 0 Å². The smallest absolute Gasteiger partial charge is 0.237 e. The van der Waals surface area contributed by atoms with Gasteiger partial charge in [0.05, 0.1) is 13.8 Å². The predicted octanol–water partition coefficient (Wildman–Crippen LogP) is -0.940. The van der Waals surface area contributed by atoms with Crippen LogP contribution in [0, 0.1) is 0 Å². The molecule has 1 atom stereocenters. The second-order valence-corrected chi connectivity index (χ2v) is 2.59. The van der Waals surface area contributed by atoms with Crippen LogP contribution >= 0.6 is 0 Å². The van der Waals surface area contributed by atoms with Crippen molar-refractivity contribution >= 4 is 11.3 Å². The largest absolute Gasteiger partial charge is 0.318 e. The number of hydrogen-bond acceptors (Lipinski definition) is 3. The molecule has 0 heterocycles. The molecule has 2 N–H and O–H groups in total. The van der Waals surface area contributed by atoms with E-state index >= 15 is 0 Å². The maximum absolute atomic E-state index is 10.5. The SMILES string of the molecule is COS(=O)N(C)CN. The van der Waals surface area contributed by atoms with E-state index in [0.717, 1.165) is 0 Å². The Bertz CT molecular complexity index is 87.4. The molecule has 8 heavy (non-hydrogen) atoms. The standard InChI is InChI=1S/C3H10N2O2S/c1-5(3-4)8(6)7-2/h3-4H2,1-2H3. The third-order valence-corrected chi connectivity index (χ3v) is 1.60. The Labute approximate surface area is 51.4 Å². The topological polar surface area (TPSA) is 55.6 Å². The molecular weight excluding hydrogens is 128 g/mol. The Morgan fingerprint density at radius 2 is 2.38 bits per heavy atom. The van der Waals surface area contributed by atoms with E-state index in [4.69, 9.17) is 5.73 Å². The average Bonchev–Trinajstić information content (AvgIpc) is 1.84. The Hall–Kier alpha value is 0.0300. The molecule has 0 aliphatic carbocycles. The molecule has 0 saturated heterocycles. The fourth-order valence-electron chi connectivity index (χ4n) is 0.188. The molecule has 0 saturated carbocycles. The van der Waals surface area contributed by atoms with Crippen molar-refractivity contribution < 1.29 is 8.39 Å². The quantitative estimate of drug-likeness (QED) is 0.512. The van der Waals surface area contributed by atoms with Crippen molar-refractivity contribution in [2.75, 3.05) is 20.8 Å². The van der Waals surface area contributed by atoms with Crippen molar-refractivity contribution in [3.05, 3.63) is 0 Å². The minimum atomic E-state index is -1.36. The van der Waals surface area contributed by atoms with Crippen LogP contribution in [0.3, 0.4) is 0 Å². The van der Waals surface area contributed by atoms with Gasteiger partial charge in [0.1, 0.15) is 0 Å². The fourth-order valence-corrected chi connectivity index (χ4v) is 0.564. The Kier molecular flexibility index (Phi) is 3.98. The summed E-state index contributed by atoms with van der Waals surface area (Å²) in [5.41, 5.74) is 5.10.